The average molecular weight is 346 g/mol. The fourth-order valence-electron chi connectivity index (χ4n) is 2.57. The zero-order valence-corrected chi connectivity index (χ0v) is 14.0. The molecule has 0 atom stereocenters. The van der Waals surface area contributed by atoms with Crippen molar-refractivity contribution in [3.05, 3.63) is 40.8 Å². The quantitative estimate of drug-likeness (QED) is 0.780. The molecule has 1 aromatic carbocycles. The van der Waals surface area contributed by atoms with E-state index in [1.165, 1.54) is 0 Å². The van der Waals surface area contributed by atoms with Gasteiger partial charge in [-0.1, -0.05) is 30.3 Å². The summed E-state index contributed by atoms with van der Waals surface area (Å²) < 4.78 is 5.21. The van der Waals surface area contributed by atoms with Crippen LogP contribution in [-0.2, 0) is 14.3 Å². The number of nitrogens with zero attached hydrogens (tertiary/aromatic N) is 2. The topological polar surface area (TPSA) is 66.9 Å². The molecule has 2 aliphatic rings. The SMILES string of the molecule is O=C(CCN1C(=O)S/C(=C/c2ccccc2)C1=O)N1CCOCC1. The summed E-state index contributed by atoms with van der Waals surface area (Å²) in [5.41, 5.74) is 0.868. The van der Waals surface area contributed by atoms with Crippen LogP contribution < -0.4 is 0 Å². The summed E-state index contributed by atoms with van der Waals surface area (Å²) in [4.78, 5) is 39.8. The molecule has 2 fully saturated rings. The lowest BCUT2D eigenvalue weighted by Gasteiger charge is -2.27. The van der Waals surface area contributed by atoms with Crippen molar-refractivity contribution in [2.45, 2.75) is 6.42 Å². The Balaban J connectivity index is 1.60. The minimum absolute atomic E-state index is 0.0515. The highest BCUT2D eigenvalue weighted by atomic mass is 32.2. The van der Waals surface area contributed by atoms with E-state index in [9.17, 15) is 14.4 Å². The molecule has 0 aliphatic carbocycles. The van der Waals surface area contributed by atoms with Gasteiger partial charge in [-0.3, -0.25) is 19.3 Å². The number of imide groups is 1. The van der Waals surface area contributed by atoms with Crippen LogP contribution in [-0.4, -0.2) is 59.7 Å². The summed E-state index contributed by atoms with van der Waals surface area (Å²) in [6.07, 6.45) is 1.85. The molecule has 2 heterocycles. The van der Waals surface area contributed by atoms with Gasteiger partial charge in [-0.2, -0.15) is 0 Å². The monoisotopic (exact) mass is 346 g/mol. The van der Waals surface area contributed by atoms with Gasteiger partial charge >= 0.3 is 0 Å². The average Bonchev–Trinajstić information content (AvgIpc) is 2.88. The van der Waals surface area contributed by atoms with Crippen molar-refractivity contribution in [2.24, 2.45) is 0 Å². The van der Waals surface area contributed by atoms with E-state index in [4.69, 9.17) is 4.74 Å². The van der Waals surface area contributed by atoms with Crippen molar-refractivity contribution in [1.82, 2.24) is 9.80 Å². The Kier molecular flexibility index (Phi) is 5.32. The van der Waals surface area contributed by atoms with Gasteiger partial charge in [0, 0.05) is 26.1 Å². The molecule has 0 radical (unpaired) electrons. The number of carbonyl (C=O) groups excluding carboxylic acids is 3. The number of hydrogen-bond donors (Lipinski definition) is 0. The van der Waals surface area contributed by atoms with Gasteiger partial charge in [0.1, 0.15) is 0 Å². The number of benzene rings is 1. The number of thioether (sulfide) groups is 1. The number of amides is 3. The van der Waals surface area contributed by atoms with Gasteiger partial charge in [-0.05, 0) is 23.4 Å². The number of rotatable bonds is 4. The Morgan fingerprint density at radius 1 is 1.17 bits per heavy atom. The van der Waals surface area contributed by atoms with E-state index in [1.54, 1.807) is 11.0 Å². The van der Waals surface area contributed by atoms with E-state index in [2.05, 4.69) is 0 Å². The first-order chi connectivity index (χ1) is 11.6. The Morgan fingerprint density at radius 2 is 1.88 bits per heavy atom. The Bertz CT molecular complexity index is 668. The molecule has 7 heteroatoms. The van der Waals surface area contributed by atoms with Crippen molar-refractivity contribution in [1.29, 1.82) is 0 Å². The highest BCUT2D eigenvalue weighted by molar-refractivity contribution is 8.18. The maximum absolute atomic E-state index is 12.4. The fraction of sp³-hybridized carbons (Fsp3) is 0.353. The molecule has 3 rings (SSSR count). The number of hydrogen-bond acceptors (Lipinski definition) is 5. The predicted molar refractivity (Wildman–Crippen MR) is 91.1 cm³/mol. The largest absolute Gasteiger partial charge is 0.378 e. The highest BCUT2D eigenvalue weighted by Gasteiger charge is 2.35. The molecule has 1 aromatic rings. The molecule has 24 heavy (non-hydrogen) atoms. The first-order valence-electron chi connectivity index (χ1n) is 7.81. The van der Waals surface area contributed by atoms with Crippen molar-refractivity contribution in [2.75, 3.05) is 32.8 Å². The maximum atomic E-state index is 12.4. The van der Waals surface area contributed by atoms with Gasteiger partial charge in [0.15, 0.2) is 0 Å². The molecular weight excluding hydrogens is 328 g/mol. The van der Waals surface area contributed by atoms with Crippen molar-refractivity contribution in [3.8, 4) is 0 Å². The first kappa shape index (κ1) is 16.7. The molecule has 2 saturated heterocycles. The summed E-state index contributed by atoms with van der Waals surface area (Å²) >= 11 is 0.918. The third kappa shape index (κ3) is 3.85. The van der Waals surface area contributed by atoms with Gasteiger partial charge in [-0.25, -0.2) is 0 Å². The second-order valence-electron chi connectivity index (χ2n) is 5.49. The minimum atomic E-state index is -0.330. The second kappa shape index (κ2) is 7.63. The van der Waals surface area contributed by atoms with Crippen molar-refractivity contribution >= 4 is 34.9 Å². The zero-order chi connectivity index (χ0) is 16.9. The number of carbonyl (C=O) groups is 3. The lowest BCUT2D eigenvalue weighted by Crippen LogP contribution is -2.42. The second-order valence-corrected chi connectivity index (χ2v) is 6.48. The summed E-state index contributed by atoms with van der Waals surface area (Å²) in [7, 11) is 0. The Morgan fingerprint density at radius 3 is 2.58 bits per heavy atom. The van der Waals surface area contributed by atoms with E-state index in [0.29, 0.717) is 31.2 Å². The highest BCUT2D eigenvalue weighted by Crippen LogP contribution is 2.32. The third-order valence-electron chi connectivity index (χ3n) is 3.88. The van der Waals surface area contributed by atoms with E-state index in [-0.39, 0.29) is 30.0 Å². The summed E-state index contributed by atoms with van der Waals surface area (Å²) in [6.45, 7) is 2.32. The number of morpholine rings is 1. The number of ether oxygens (including phenoxy) is 1. The lowest BCUT2D eigenvalue weighted by molar-refractivity contribution is -0.135. The van der Waals surface area contributed by atoms with E-state index in [1.807, 2.05) is 30.3 Å². The molecular formula is C17H18N2O4S. The van der Waals surface area contributed by atoms with E-state index in [0.717, 1.165) is 22.2 Å². The van der Waals surface area contributed by atoms with Crippen molar-refractivity contribution in [3.63, 3.8) is 0 Å². The first-order valence-corrected chi connectivity index (χ1v) is 8.63. The molecule has 0 saturated carbocycles. The maximum Gasteiger partial charge on any atom is 0.293 e. The zero-order valence-electron chi connectivity index (χ0n) is 13.1. The molecule has 0 unspecified atom stereocenters. The van der Waals surface area contributed by atoms with Crippen LogP contribution in [0.2, 0.25) is 0 Å². The van der Waals surface area contributed by atoms with Crippen LogP contribution >= 0.6 is 11.8 Å². The molecule has 6 nitrogen and oxygen atoms in total. The van der Waals surface area contributed by atoms with Crippen LogP contribution in [0.5, 0.6) is 0 Å². The Hall–Kier alpha value is -2.12. The van der Waals surface area contributed by atoms with Crippen LogP contribution in [0.15, 0.2) is 35.2 Å². The summed E-state index contributed by atoms with van der Waals surface area (Å²) in [6, 6.07) is 9.38. The van der Waals surface area contributed by atoms with E-state index < -0.39 is 0 Å². The van der Waals surface area contributed by atoms with E-state index >= 15 is 0 Å². The molecule has 2 aliphatic heterocycles. The standard InChI is InChI=1S/C17H18N2O4S/c20-15(18-8-10-23-11-9-18)6-7-19-16(21)14(24-17(19)22)12-13-4-2-1-3-5-13/h1-5,12H,6-11H2/b14-12+. The van der Waals surface area contributed by atoms with Crippen LogP contribution in [0.3, 0.4) is 0 Å². The fourth-order valence-corrected chi connectivity index (χ4v) is 3.44. The molecule has 126 valence electrons. The minimum Gasteiger partial charge on any atom is -0.378 e. The van der Waals surface area contributed by atoms with Gasteiger partial charge in [-0.15, -0.1) is 0 Å². The molecule has 0 N–H and O–H groups in total. The van der Waals surface area contributed by atoms with Gasteiger partial charge < -0.3 is 9.64 Å². The third-order valence-corrected chi connectivity index (χ3v) is 4.79. The molecule has 0 bridgehead atoms. The van der Waals surface area contributed by atoms with Crippen LogP contribution in [0.25, 0.3) is 6.08 Å². The van der Waals surface area contributed by atoms with Crippen LogP contribution in [0.1, 0.15) is 12.0 Å². The van der Waals surface area contributed by atoms with Crippen LogP contribution in [0, 0.1) is 0 Å². The summed E-state index contributed by atoms with van der Waals surface area (Å²) in [5, 5.41) is -0.322. The molecule has 3 amide bonds. The summed E-state index contributed by atoms with van der Waals surface area (Å²) in [5.74, 6) is -0.381. The van der Waals surface area contributed by atoms with Gasteiger partial charge in [0.25, 0.3) is 11.1 Å². The van der Waals surface area contributed by atoms with Gasteiger partial charge in [0.2, 0.25) is 5.91 Å². The van der Waals surface area contributed by atoms with Crippen molar-refractivity contribution < 1.29 is 19.1 Å². The van der Waals surface area contributed by atoms with Gasteiger partial charge in [0.05, 0.1) is 18.1 Å². The molecule has 0 spiro atoms. The predicted octanol–water partition coefficient (Wildman–Crippen LogP) is 1.97. The normalized spacial score (nSPS) is 20.1. The Labute approximate surface area is 144 Å². The van der Waals surface area contributed by atoms with Crippen LogP contribution in [0.4, 0.5) is 4.79 Å². The lowest BCUT2D eigenvalue weighted by atomic mass is 10.2. The smallest absolute Gasteiger partial charge is 0.293 e. The molecule has 0 aromatic heterocycles.